The first-order valence-electron chi connectivity index (χ1n) is 9.22. The Morgan fingerprint density at radius 2 is 1.45 bits per heavy atom. The summed E-state index contributed by atoms with van der Waals surface area (Å²) in [4.78, 5) is 5.14. The maximum atomic E-state index is 5.14. The third-order valence-corrected chi connectivity index (χ3v) is 5.16. The van der Waals surface area contributed by atoms with E-state index in [4.69, 9.17) is 4.99 Å². The summed E-state index contributed by atoms with van der Waals surface area (Å²) >= 11 is 0. The summed E-state index contributed by atoms with van der Waals surface area (Å²) in [5.74, 6) is 1.15. The Kier molecular flexibility index (Phi) is 5.53. The SMILES string of the molecule is Cc1ccc(C(=NC2CCCCC2)NC2CCCCC2)cc1. The van der Waals surface area contributed by atoms with Gasteiger partial charge in [0.2, 0.25) is 0 Å². The number of benzene rings is 1. The molecule has 2 nitrogen and oxygen atoms in total. The van der Waals surface area contributed by atoms with E-state index in [0.717, 1.165) is 5.84 Å². The fourth-order valence-electron chi connectivity index (χ4n) is 3.74. The highest BCUT2D eigenvalue weighted by Gasteiger charge is 2.18. The van der Waals surface area contributed by atoms with Crippen LogP contribution >= 0.6 is 0 Å². The molecule has 22 heavy (non-hydrogen) atoms. The summed E-state index contributed by atoms with van der Waals surface area (Å²) in [6, 6.07) is 10.0. The van der Waals surface area contributed by atoms with Gasteiger partial charge in [0.1, 0.15) is 5.84 Å². The molecule has 1 aromatic rings. The molecule has 2 fully saturated rings. The van der Waals surface area contributed by atoms with Gasteiger partial charge in [0, 0.05) is 11.6 Å². The van der Waals surface area contributed by atoms with Crippen molar-refractivity contribution in [1.82, 2.24) is 5.32 Å². The quantitative estimate of drug-likeness (QED) is 0.616. The van der Waals surface area contributed by atoms with Crippen LogP contribution in [0.4, 0.5) is 0 Å². The lowest BCUT2D eigenvalue weighted by molar-refractivity contribution is 0.409. The predicted octanol–water partition coefficient (Wildman–Crippen LogP) is 5.00. The van der Waals surface area contributed by atoms with Crippen molar-refractivity contribution in [2.45, 2.75) is 83.2 Å². The summed E-state index contributed by atoms with van der Waals surface area (Å²) in [5, 5.41) is 3.79. The molecule has 0 radical (unpaired) electrons. The van der Waals surface area contributed by atoms with Gasteiger partial charge in [0.05, 0.1) is 6.04 Å². The second-order valence-electron chi connectivity index (χ2n) is 7.11. The van der Waals surface area contributed by atoms with E-state index in [1.54, 1.807) is 0 Å². The van der Waals surface area contributed by atoms with Crippen LogP contribution in [-0.4, -0.2) is 17.9 Å². The highest BCUT2D eigenvalue weighted by Crippen LogP contribution is 2.22. The summed E-state index contributed by atoms with van der Waals surface area (Å²) in [6.45, 7) is 2.15. The molecule has 120 valence electrons. The topological polar surface area (TPSA) is 24.4 Å². The molecule has 0 aliphatic heterocycles. The summed E-state index contributed by atoms with van der Waals surface area (Å²) in [5.41, 5.74) is 2.58. The van der Waals surface area contributed by atoms with E-state index in [0.29, 0.717) is 12.1 Å². The zero-order valence-electron chi connectivity index (χ0n) is 14.0. The minimum absolute atomic E-state index is 0.529. The van der Waals surface area contributed by atoms with E-state index in [-0.39, 0.29) is 0 Å². The van der Waals surface area contributed by atoms with Gasteiger partial charge in [-0.3, -0.25) is 4.99 Å². The highest BCUT2D eigenvalue weighted by molar-refractivity contribution is 5.99. The molecule has 0 spiro atoms. The Morgan fingerprint density at radius 3 is 2.09 bits per heavy atom. The second kappa shape index (κ2) is 7.80. The molecule has 1 aromatic carbocycles. The first-order valence-corrected chi connectivity index (χ1v) is 9.22. The van der Waals surface area contributed by atoms with Crippen LogP contribution in [-0.2, 0) is 0 Å². The van der Waals surface area contributed by atoms with Gasteiger partial charge in [-0.2, -0.15) is 0 Å². The van der Waals surface area contributed by atoms with Crippen LogP contribution in [0.15, 0.2) is 29.3 Å². The number of nitrogens with zero attached hydrogens (tertiary/aromatic N) is 1. The number of hydrogen-bond acceptors (Lipinski definition) is 1. The Balaban J connectivity index is 1.77. The van der Waals surface area contributed by atoms with E-state index in [1.807, 2.05) is 0 Å². The predicted molar refractivity (Wildman–Crippen MR) is 94.6 cm³/mol. The zero-order chi connectivity index (χ0) is 15.2. The van der Waals surface area contributed by atoms with Gasteiger partial charge < -0.3 is 5.32 Å². The van der Waals surface area contributed by atoms with Crippen molar-refractivity contribution in [1.29, 1.82) is 0 Å². The van der Waals surface area contributed by atoms with Crippen molar-refractivity contribution in [2.75, 3.05) is 0 Å². The molecule has 0 saturated heterocycles. The summed E-state index contributed by atoms with van der Waals surface area (Å²) in [7, 11) is 0. The number of amidine groups is 1. The van der Waals surface area contributed by atoms with Crippen molar-refractivity contribution < 1.29 is 0 Å². The fraction of sp³-hybridized carbons (Fsp3) is 0.650. The molecule has 2 aliphatic carbocycles. The highest BCUT2D eigenvalue weighted by atomic mass is 15.0. The van der Waals surface area contributed by atoms with Gasteiger partial charge in [0.25, 0.3) is 0 Å². The Morgan fingerprint density at radius 1 is 0.864 bits per heavy atom. The van der Waals surface area contributed by atoms with Crippen LogP contribution in [0.1, 0.15) is 75.3 Å². The molecule has 0 amide bonds. The van der Waals surface area contributed by atoms with Crippen LogP contribution in [0.5, 0.6) is 0 Å². The molecule has 0 heterocycles. The van der Waals surface area contributed by atoms with Crippen molar-refractivity contribution in [2.24, 2.45) is 4.99 Å². The van der Waals surface area contributed by atoms with Crippen LogP contribution in [0.3, 0.4) is 0 Å². The van der Waals surface area contributed by atoms with Crippen molar-refractivity contribution in [3.05, 3.63) is 35.4 Å². The standard InChI is InChI=1S/C20H30N2/c1-16-12-14-17(15-13-16)20(21-18-8-4-2-5-9-18)22-19-10-6-3-7-11-19/h12-15,18-19H,2-11H2,1H3,(H,21,22). The molecule has 1 N–H and O–H groups in total. The first-order chi connectivity index (χ1) is 10.8. The first kappa shape index (κ1) is 15.6. The number of nitrogens with one attached hydrogen (secondary N) is 1. The lowest BCUT2D eigenvalue weighted by atomic mass is 9.94. The average molecular weight is 298 g/mol. The van der Waals surface area contributed by atoms with E-state index >= 15 is 0 Å². The smallest absolute Gasteiger partial charge is 0.128 e. The fourth-order valence-corrected chi connectivity index (χ4v) is 3.74. The number of aliphatic imine (C=N–C) groups is 1. The lowest BCUT2D eigenvalue weighted by Crippen LogP contribution is -2.37. The van der Waals surface area contributed by atoms with E-state index < -0.39 is 0 Å². The van der Waals surface area contributed by atoms with Crippen molar-refractivity contribution in [3.63, 3.8) is 0 Å². The van der Waals surface area contributed by atoms with E-state index in [1.165, 1.54) is 75.3 Å². The molecule has 2 aliphatic rings. The van der Waals surface area contributed by atoms with Crippen LogP contribution in [0.2, 0.25) is 0 Å². The van der Waals surface area contributed by atoms with Gasteiger partial charge in [-0.15, -0.1) is 0 Å². The normalized spacial score (nSPS) is 21.8. The molecule has 0 unspecified atom stereocenters. The third-order valence-electron chi connectivity index (χ3n) is 5.16. The van der Waals surface area contributed by atoms with E-state index in [9.17, 15) is 0 Å². The van der Waals surface area contributed by atoms with Gasteiger partial charge in [-0.05, 0) is 32.6 Å². The Labute approximate surface area is 135 Å². The Hall–Kier alpha value is -1.31. The largest absolute Gasteiger partial charge is 0.367 e. The van der Waals surface area contributed by atoms with Crippen molar-refractivity contribution in [3.8, 4) is 0 Å². The second-order valence-corrected chi connectivity index (χ2v) is 7.11. The molecule has 3 rings (SSSR count). The van der Waals surface area contributed by atoms with Crippen LogP contribution in [0.25, 0.3) is 0 Å². The minimum atomic E-state index is 0.529. The third kappa shape index (κ3) is 4.34. The maximum absolute atomic E-state index is 5.14. The van der Waals surface area contributed by atoms with Gasteiger partial charge in [-0.25, -0.2) is 0 Å². The van der Waals surface area contributed by atoms with Gasteiger partial charge in [0.15, 0.2) is 0 Å². The summed E-state index contributed by atoms with van der Waals surface area (Å²) < 4.78 is 0. The minimum Gasteiger partial charge on any atom is -0.367 e. The lowest BCUT2D eigenvalue weighted by Gasteiger charge is -2.26. The molecule has 2 heteroatoms. The number of aryl methyl sites for hydroxylation is 1. The van der Waals surface area contributed by atoms with Crippen LogP contribution < -0.4 is 5.32 Å². The molecule has 2 saturated carbocycles. The van der Waals surface area contributed by atoms with Gasteiger partial charge >= 0.3 is 0 Å². The Bertz CT molecular complexity index is 477. The molecule has 0 bridgehead atoms. The molecular formula is C20H30N2. The molecular weight excluding hydrogens is 268 g/mol. The molecule has 0 atom stereocenters. The monoisotopic (exact) mass is 298 g/mol. The number of rotatable bonds is 3. The van der Waals surface area contributed by atoms with E-state index in [2.05, 4.69) is 36.5 Å². The molecule has 0 aromatic heterocycles. The zero-order valence-corrected chi connectivity index (χ0v) is 14.0. The number of hydrogen-bond donors (Lipinski definition) is 1. The summed E-state index contributed by atoms with van der Waals surface area (Å²) in [6.07, 6.45) is 13.3. The maximum Gasteiger partial charge on any atom is 0.128 e. The van der Waals surface area contributed by atoms with Crippen LogP contribution in [0, 0.1) is 6.92 Å². The average Bonchev–Trinajstić information content (AvgIpc) is 2.57. The van der Waals surface area contributed by atoms with Crippen molar-refractivity contribution >= 4 is 5.84 Å². The van der Waals surface area contributed by atoms with Gasteiger partial charge in [-0.1, -0.05) is 68.4 Å².